The molecule has 74 valence electrons. The summed E-state index contributed by atoms with van der Waals surface area (Å²) in [5.74, 6) is 0. The van der Waals surface area contributed by atoms with Gasteiger partial charge in [0.1, 0.15) is 0 Å². The minimum absolute atomic E-state index is 0.0524. The molecule has 0 atom stereocenters. The Kier molecular flexibility index (Phi) is 3.21. The average molecular weight is 320 g/mol. The second-order valence-electron chi connectivity index (χ2n) is 3.20. The van der Waals surface area contributed by atoms with Gasteiger partial charge in [0.05, 0.1) is 0 Å². The molecule has 0 aliphatic carbocycles. The molecule has 0 amide bonds. The summed E-state index contributed by atoms with van der Waals surface area (Å²) < 4.78 is 5.68. The van der Waals surface area contributed by atoms with Crippen molar-refractivity contribution in [2.24, 2.45) is 0 Å². The van der Waals surface area contributed by atoms with Crippen LogP contribution >= 0.6 is 11.8 Å². The van der Waals surface area contributed by atoms with Gasteiger partial charge in [0.25, 0.3) is 0 Å². The number of rotatable bonds is 2. The van der Waals surface area contributed by atoms with E-state index in [9.17, 15) is 0 Å². The van der Waals surface area contributed by atoms with Gasteiger partial charge in [-0.05, 0) is 0 Å². The summed E-state index contributed by atoms with van der Waals surface area (Å²) in [6.45, 7) is 5.63. The van der Waals surface area contributed by atoms with Crippen molar-refractivity contribution in [3.05, 3.63) is 21.9 Å². The molecule has 0 bridgehead atoms. The van der Waals surface area contributed by atoms with Crippen molar-refractivity contribution < 1.29 is 4.57 Å². The van der Waals surface area contributed by atoms with E-state index in [2.05, 4.69) is 42.9 Å². The Balaban J connectivity index is 2.71. The molecular weight excluding hydrogens is 306 g/mol. The molecule has 1 aromatic heterocycles. The molecule has 1 nitrogen and oxygen atoms in total. The Labute approximate surface area is 98.8 Å². The quantitative estimate of drug-likeness (QED) is 0.466. The molecule has 14 heavy (non-hydrogen) atoms. The molecule has 0 aliphatic rings. The molecule has 3 heteroatoms. The van der Waals surface area contributed by atoms with Gasteiger partial charge >= 0.3 is 99.1 Å². The minimum atomic E-state index is -0.0524. The summed E-state index contributed by atoms with van der Waals surface area (Å²) in [7, 11) is 0. The molecule has 1 aromatic carbocycles. The van der Waals surface area contributed by atoms with Crippen LogP contribution < -0.4 is 4.57 Å². The summed E-state index contributed by atoms with van der Waals surface area (Å²) in [5, 5.41) is 0. The molecule has 0 unspecified atom stereocenters. The molecular formula is C11H14NSTe+. The molecule has 0 aliphatic heterocycles. The number of hydrogen-bond donors (Lipinski definition) is 0. The number of thioether (sulfide) groups is 1. The van der Waals surface area contributed by atoms with E-state index >= 15 is 0 Å². The maximum absolute atomic E-state index is 2.47. The first-order valence-electron chi connectivity index (χ1n) is 4.73. The van der Waals surface area contributed by atoms with Gasteiger partial charge in [-0.2, -0.15) is 0 Å². The van der Waals surface area contributed by atoms with Gasteiger partial charge in [0.15, 0.2) is 0 Å². The van der Waals surface area contributed by atoms with Crippen molar-refractivity contribution in [1.29, 1.82) is 0 Å². The fraction of sp³-hybridized carbons (Fsp3) is 0.364. The van der Waals surface area contributed by atoms with Crippen LogP contribution in [0.4, 0.5) is 0 Å². The number of hydrogen-bond acceptors (Lipinski definition) is 1. The summed E-state index contributed by atoms with van der Waals surface area (Å²) in [5.41, 5.74) is 1.47. The Morgan fingerprint density at radius 2 is 2.21 bits per heavy atom. The van der Waals surface area contributed by atoms with E-state index in [4.69, 9.17) is 0 Å². The fourth-order valence-electron chi connectivity index (χ4n) is 1.70. The molecule has 0 saturated carbocycles. The Bertz CT molecular complexity index is 462. The SMILES string of the molecule is CC[n+]1c(C)[te]c2ccc(SC)cc21. The Morgan fingerprint density at radius 1 is 1.43 bits per heavy atom. The van der Waals surface area contributed by atoms with Crippen molar-refractivity contribution in [3.63, 3.8) is 0 Å². The van der Waals surface area contributed by atoms with Crippen LogP contribution in [-0.4, -0.2) is 26.7 Å². The molecule has 2 aromatic rings. The van der Waals surface area contributed by atoms with E-state index in [1.54, 1.807) is 7.11 Å². The standard InChI is InChI=1S/C11H14NSTe/c1-4-12-8(2)14-11-6-5-9(13-3)7-10(11)12/h5-7H,4H2,1-3H3/q+1. The van der Waals surface area contributed by atoms with Gasteiger partial charge < -0.3 is 0 Å². The predicted octanol–water partition coefficient (Wildman–Crippen LogP) is 2.23. The molecule has 0 spiro atoms. The van der Waals surface area contributed by atoms with E-state index in [-0.39, 0.29) is 20.4 Å². The third kappa shape index (κ3) is 1.74. The van der Waals surface area contributed by atoms with E-state index in [1.807, 2.05) is 11.8 Å². The summed E-state index contributed by atoms with van der Waals surface area (Å²) in [6.07, 6.45) is 2.14. The molecule has 1 heterocycles. The summed E-state index contributed by atoms with van der Waals surface area (Å²) in [4.78, 5) is 1.38. The van der Waals surface area contributed by atoms with Gasteiger partial charge in [0, 0.05) is 0 Å². The normalized spacial score (nSPS) is 11.1. The summed E-state index contributed by atoms with van der Waals surface area (Å²) >= 11 is 1.77. The Hall–Kier alpha value is 0.0296. The first-order valence-corrected chi connectivity index (χ1v) is 8.28. The molecule has 0 N–H and O–H groups in total. The zero-order valence-electron chi connectivity index (χ0n) is 8.70. The van der Waals surface area contributed by atoms with Gasteiger partial charge in [0.2, 0.25) is 0 Å². The third-order valence-corrected chi connectivity index (χ3v) is 6.22. The van der Waals surface area contributed by atoms with Crippen molar-refractivity contribution >= 4 is 41.1 Å². The third-order valence-electron chi connectivity index (χ3n) is 2.41. The molecule has 2 rings (SSSR count). The van der Waals surface area contributed by atoms with E-state index < -0.39 is 0 Å². The van der Waals surface area contributed by atoms with Crippen molar-refractivity contribution in [2.45, 2.75) is 25.3 Å². The fourth-order valence-corrected chi connectivity index (χ4v) is 5.17. The predicted molar refractivity (Wildman–Crippen MR) is 63.3 cm³/mol. The average Bonchev–Trinajstić information content (AvgIpc) is 2.52. The van der Waals surface area contributed by atoms with Gasteiger partial charge in [-0.25, -0.2) is 0 Å². The zero-order chi connectivity index (χ0) is 10.1. The Morgan fingerprint density at radius 3 is 2.86 bits per heavy atom. The zero-order valence-corrected chi connectivity index (χ0v) is 11.8. The van der Waals surface area contributed by atoms with Crippen LogP contribution in [0.3, 0.4) is 0 Å². The maximum atomic E-state index is 2.47. The van der Waals surface area contributed by atoms with Crippen molar-refractivity contribution in [3.8, 4) is 0 Å². The second kappa shape index (κ2) is 4.26. The van der Waals surface area contributed by atoms with Crippen molar-refractivity contribution in [1.82, 2.24) is 0 Å². The van der Waals surface area contributed by atoms with Crippen molar-refractivity contribution in [2.75, 3.05) is 6.26 Å². The number of aromatic nitrogens is 1. The first kappa shape index (κ1) is 10.5. The second-order valence-corrected chi connectivity index (χ2v) is 7.60. The van der Waals surface area contributed by atoms with Crippen LogP contribution in [0.2, 0.25) is 0 Å². The van der Waals surface area contributed by atoms with Gasteiger partial charge in [-0.15, -0.1) is 0 Å². The van der Waals surface area contributed by atoms with E-state index in [0.717, 1.165) is 6.54 Å². The van der Waals surface area contributed by atoms with Crippen LogP contribution in [0.5, 0.6) is 0 Å². The summed E-state index contributed by atoms with van der Waals surface area (Å²) in [6, 6.07) is 6.91. The van der Waals surface area contributed by atoms with Crippen LogP contribution in [0.1, 0.15) is 10.6 Å². The molecule has 0 radical (unpaired) electrons. The number of fused-ring (bicyclic) bond motifs is 1. The van der Waals surface area contributed by atoms with E-state index in [0.29, 0.717) is 0 Å². The van der Waals surface area contributed by atoms with E-state index in [1.165, 1.54) is 10.4 Å². The number of aryl methyl sites for hydroxylation is 2. The first-order chi connectivity index (χ1) is 6.76. The molecule has 0 fully saturated rings. The number of benzene rings is 1. The van der Waals surface area contributed by atoms with Gasteiger partial charge in [-0.3, -0.25) is 0 Å². The molecule has 0 saturated heterocycles. The topological polar surface area (TPSA) is 3.88 Å². The van der Waals surface area contributed by atoms with Crippen LogP contribution in [-0.2, 0) is 6.54 Å². The van der Waals surface area contributed by atoms with Gasteiger partial charge in [-0.1, -0.05) is 0 Å². The number of nitrogens with zero attached hydrogens (tertiary/aromatic N) is 1. The van der Waals surface area contributed by atoms with Crippen LogP contribution in [0.25, 0.3) is 8.92 Å². The van der Waals surface area contributed by atoms with Crippen LogP contribution in [0.15, 0.2) is 23.1 Å². The van der Waals surface area contributed by atoms with Crippen LogP contribution in [0, 0.1) is 6.92 Å². The monoisotopic (exact) mass is 322 g/mol.